The Kier molecular flexibility index (Phi) is 7.61. The van der Waals surface area contributed by atoms with E-state index >= 15 is 0 Å². The molecule has 4 rings (SSSR count). The Hall–Kier alpha value is -4.14. The minimum atomic E-state index is -4.35. The van der Waals surface area contributed by atoms with Gasteiger partial charge in [0.25, 0.3) is 11.8 Å². The number of rotatable bonds is 10. The molecule has 0 bridgehead atoms. The van der Waals surface area contributed by atoms with Crippen LogP contribution in [0.1, 0.15) is 21.7 Å². The first-order chi connectivity index (χ1) is 17.7. The summed E-state index contributed by atoms with van der Waals surface area (Å²) in [5.41, 5.74) is 2.08. The highest BCUT2D eigenvalue weighted by Gasteiger charge is 2.37. The van der Waals surface area contributed by atoms with Gasteiger partial charge in [-0.2, -0.15) is 4.31 Å². The van der Waals surface area contributed by atoms with Crippen molar-refractivity contribution in [1.82, 2.24) is 20.3 Å². The molecule has 1 atom stereocenters. The molecule has 3 aromatic rings. The zero-order valence-corrected chi connectivity index (χ0v) is 20.6. The molecule has 0 saturated carbocycles. The number of aryl methyl sites for hydroxylation is 1. The van der Waals surface area contributed by atoms with Crippen molar-refractivity contribution >= 4 is 21.8 Å². The summed E-state index contributed by atoms with van der Waals surface area (Å²) in [7, 11) is -2.91. The van der Waals surface area contributed by atoms with Crippen LogP contribution in [-0.4, -0.2) is 61.4 Å². The fraction of sp³-hybridized carbons (Fsp3) is 0.261. The van der Waals surface area contributed by atoms with E-state index < -0.39 is 34.4 Å². The Labute approximate surface area is 211 Å². The van der Waals surface area contributed by atoms with E-state index in [9.17, 15) is 23.2 Å². The number of hydroxylamine groups is 1. The van der Waals surface area contributed by atoms with Crippen LogP contribution in [0.15, 0.2) is 58.1 Å². The van der Waals surface area contributed by atoms with Crippen molar-refractivity contribution in [3.8, 4) is 17.2 Å². The topological polar surface area (TPSA) is 170 Å². The van der Waals surface area contributed by atoms with Crippen molar-refractivity contribution in [3.05, 3.63) is 65.5 Å². The molecule has 2 aromatic carbocycles. The van der Waals surface area contributed by atoms with Crippen LogP contribution in [0.2, 0.25) is 0 Å². The van der Waals surface area contributed by atoms with Gasteiger partial charge in [0.05, 0.1) is 18.2 Å². The second kappa shape index (κ2) is 10.9. The lowest BCUT2D eigenvalue weighted by molar-refractivity contribution is -0.133. The number of sulfonamides is 1. The minimum Gasteiger partial charge on any atom is -0.497 e. The van der Waals surface area contributed by atoms with E-state index in [0.29, 0.717) is 22.8 Å². The molecule has 3 N–H and O–H groups in total. The molecule has 1 aromatic heterocycles. The summed E-state index contributed by atoms with van der Waals surface area (Å²) in [4.78, 5) is 25.3. The third kappa shape index (κ3) is 5.50. The maximum atomic E-state index is 13.8. The second-order valence-electron chi connectivity index (χ2n) is 7.91. The number of nitrogens with zero attached hydrogens (tertiary/aromatic N) is 2. The first-order valence-electron chi connectivity index (χ1n) is 10.9. The molecule has 1 aliphatic heterocycles. The third-order valence-corrected chi connectivity index (χ3v) is 7.52. The van der Waals surface area contributed by atoms with Crippen molar-refractivity contribution in [3.63, 3.8) is 0 Å². The van der Waals surface area contributed by atoms with E-state index in [1.54, 1.807) is 18.2 Å². The van der Waals surface area contributed by atoms with Crippen LogP contribution in [0.4, 0.5) is 0 Å². The number of fused-ring (bicyclic) bond motifs is 1. The maximum absolute atomic E-state index is 13.8. The summed E-state index contributed by atoms with van der Waals surface area (Å²) < 4.78 is 49.1. The number of amides is 2. The van der Waals surface area contributed by atoms with Gasteiger partial charge in [0, 0.05) is 13.1 Å². The van der Waals surface area contributed by atoms with Crippen molar-refractivity contribution in [2.75, 3.05) is 20.4 Å². The number of carbonyl (C=O) groups excluding carboxylic acids is 2. The first kappa shape index (κ1) is 25.9. The number of ether oxygens (including phenoxy) is 3. The van der Waals surface area contributed by atoms with E-state index in [1.165, 1.54) is 50.0 Å². The first-order valence-corrected chi connectivity index (χ1v) is 12.4. The van der Waals surface area contributed by atoms with Gasteiger partial charge >= 0.3 is 0 Å². The van der Waals surface area contributed by atoms with Gasteiger partial charge in [0.1, 0.15) is 23.1 Å². The van der Waals surface area contributed by atoms with Gasteiger partial charge in [-0.15, -0.1) is 0 Å². The largest absolute Gasteiger partial charge is 0.497 e. The summed E-state index contributed by atoms with van der Waals surface area (Å²) >= 11 is 0. The number of hydrogen-bond acceptors (Lipinski definition) is 10. The molecular formula is C23H24N4O9S. The van der Waals surface area contributed by atoms with Crippen molar-refractivity contribution in [2.24, 2.45) is 0 Å². The lowest BCUT2D eigenvalue weighted by atomic mass is 10.1. The van der Waals surface area contributed by atoms with E-state index in [1.807, 2.05) is 0 Å². The van der Waals surface area contributed by atoms with Gasteiger partial charge < -0.3 is 24.1 Å². The zero-order valence-electron chi connectivity index (χ0n) is 19.8. The van der Waals surface area contributed by atoms with Crippen LogP contribution in [0, 0.1) is 6.92 Å². The van der Waals surface area contributed by atoms with Crippen molar-refractivity contribution in [2.45, 2.75) is 24.4 Å². The normalized spacial score (nSPS) is 13.3. The number of nitrogens with one attached hydrogen (secondary N) is 2. The highest BCUT2D eigenvalue weighted by atomic mass is 32.2. The summed E-state index contributed by atoms with van der Waals surface area (Å²) in [6, 6.07) is 8.86. The Balaban J connectivity index is 1.70. The molecule has 2 amide bonds. The van der Waals surface area contributed by atoms with E-state index in [-0.39, 0.29) is 29.6 Å². The van der Waals surface area contributed by atoms with E-state index in [2.05, 4.69) is 10.5 Å². The lowest BCUT2D eigenvalue weighted by Gasteiger charge is -2.30. The highest BCUT2D eigenvalue weighted by Crippen LogP contribution is 2.33. The Morgan fingerprint density at radius 1 is 1.16 bits per heavy atom. The van der Waals surface area contributed by atoms with Crippen LogP contribution in [0.3, 0.4) is 0 Å². The summed E-state index contributed by atoms with van der Waals surface area (Å²) in [6.45, 7) is 0.775. The molecule has 13 nitrogen and oxygen atoms in total. The molecule has 0 spiro atoms. The zero-order chi connectivity index (χ0) is 26.6. The van der Waals surface area contributed by atoms with Crippen LogP contribution in [0.25, 0.3) is 0 Å². The molecule has 14 heteroatoms. The second-order valence-corrected chi connectivity index (χ2v) is 9.80. The molecule has 0 fully saturated rings. The van der Waals surface area contributed by atoms with Gasteiger partial charge in [-0.3, -0.25) is 14.8 Å². The standard InChI is InChI=1S/C23H24N4O9S/c1-14-18(10-25-36-14)22(28)24-11-19(23(29)26-30)27(12-15-3-8-20-21(9-15)35-13-34-20)37(31,32)17-6-4-16(33-2)5-7-17/h3-10,19,30H,11-13H2,1-2H3,(H,24,28)(H,26,29)/t19-/m1/s1. The highest BCUT2D eigenvalue weighted by molar-refractivity contribution is 7.89. The number of carbonyl (C=O) groups is 2. The Morgan fingerprint density at radius 3 is 2.54 bits per heavy atom. The monoisotopic (exact) mass is 532 g/mol. The average molecular weight is 533 g/mol. The Bertz CT molecular complexity index is 1390. The fourth-order valence-electron chi connectivity index (χ4n) is 3.67. The lowest BCUT2D eigenvalue weighted by Crippen LogP contribution is -2.53. The third-order valence-electron chi connectivity index (χ3n) is 5.65. The van der Waals surface area contributed by atoms with Gasteiger partial charge in [0.15, 0.2) is 11.5 Å². The summed E-state index contributed by atoms with van der Waals surface area (Å²) in [5.74, 6) is -0.112. The quantitative estimate of drug-likeness (QED) is 0.255. The number of aromatic nitrogens is 1. The van der Waals surface area contributed by atoms with Gasteiger partial charge in [-0.25, -0.2) is 13.9 Å². The van der Waals surface area contributed by atoms with E-state index in [0.717, 1.165) is 4.31 Å². The van der Waals surface area contributed by atoms with Crippen LogP contribution < -0.4 is 25.0 Å². The smallest absolute Gasteiger partial charge is 0.263 e. The van der Waals surface area contributed by atoms with Gasteiger partial charge in [-0.1, -0.05) is 11.2 Å². The molecule has 196 valence electrons. The Morgan fingerprint density at radius 2 is 1.89 bits per heavy atom. The van der Waals surface area contributed by atoms with Crippen LogP contribution in [-0.2, 0) is 21.4 Å². The maximum Gasteiger partial charge on any atom is 0.263 e. The molecule has 0 radical (unpaired) electrons. The number of hydrogen-bond donors (Lipinski definition) is 3. The van der Waals surface area contributed by atoms with Crippen LogP contribution >= 0.6 is 0 Å². The molecule has 2 heterocycles. The predicted molar refractivity (Wildman–Crippen MR) is 126 cm³/mol. The number of benzene rings is 2. The van der Waals surface area contributed by atoms with Crippen LogP contribution in [0.5, 0.6) is 17.2 Å². The SMILES string of the molecule is COc1ccc(S(=O)(=O)N(Cc2ccc3c(c2)OCO3)[C@H](CNC(=O)c2cnoc2C)C(=O)NO)cc1. The molecule has 37 heavy (non-hydrogen) atoms. The number of methoxy groups -OCH3 is 1. The van der Waals surface area contributed by atoms with Crippen molar-refractivity contribution < 1.29 is 41.9 Å². The molecule has 1 aliphatic rings. The predicted octanol–water partition coefficient (Wildman–Crippen LogP) is 1.22. The summed E-state index contributed by atoms with van der Waals surface area (Å²) in [5, 5.41) is 15.5. The molecule has 0 aliphatic carbocycles. The minimum absolute atomic E-state index is 0.0243. The fourth-order valence-corrected chi connectivity index (χ4v) is 5.24. The van der Waals surface area contributed by atoms with Crippen molar-refractivity contribution in [1.29, 1.82) is 0 Å². The molecule has 0 saturated heterocycles. The molecule has 0 unspecified atom stereocenters. The average Bonchev–Trinajstić information content (AvgIpc) is 3.56. The van der Waals surface area contributed by atoms with Gasteiger partial charge in [0.2, 0.25) is 16.8 Å². The molecular weight excluding hydrogens is 508 g/mol. The van der Waals surface area contributed by atoms with Gasteiger partial charge in [-0.05, 0) is 48.9 Å². The van der Waals surface area contributed by atoms with E-state index in [4.69, 9.17) is 18.7 Å². The summed E-state index contributed by atoms with van der Waals surface area (Å²) in [6.07, 6.45) is 1.20.